The number of carbonyl (C=O) groups excluding carboxylic acids is 3. The lowest BCUT2D eigenvalue weighted by atomic mass is 10.0. The van der Waals surface area contributed by atoms with Crippen molar-refractivity contribution in [3.8, 4) is 5.75 Å². The molecule has 1 aromatic carbocycles. The minimum Gasteiger partial charge on any atom is -0.404 e. The highest BCUT2D eigenvalue weighted by Gasteiger charge is 2.53. The Kier molecular flexibility index (Phi) is 7.58. The lowest BCUT2D eigenvalue weighted by Gasteiger charge is -2.27. The normalized spacial score (nSPS) is 16.5. The van der Waals surface area contributed by atoms with Gasteiger partial charge in [0.05, 0.1) is 11.7 Å². The average molecular weight is 508 g/mol. The topological polar surface area (TPSA) is 118 Å². The van der Waals surface area contributed by atoms with Crippen molar-refractivity contribution >= 4 is 29.2 Å². The van der Waals surface area contributed by atoms with E-state index in [0.717, 1.165) is 12.1 Å². The first kappa shape index (κ1) is 26.9. The maximum atomic E-state index is 13.4. The maximum absolute atomic E-state index is 13.4. The Morgan fingerprint density at radius 3 is 2.39 bits per heavy atom. The molecule has 1 saturated heterocycles. The van der Waals surface area contributed by atoms with Gasteiger partial charge in [0, 0.05) is 24.6 Å². The molecule has 0 spiro atoms. The van der Waals surface area contributed by atoms with Crippen LogP contribution in [-0.2, 0) is 16.1 Å². The SMILES string of the molecule is CC(C)CC(N)C(=O)Nc1ccc(OC(F)(F)F)c(N2C(=O)N(Cc3ccncc3)C(C)(C)C2=O)c1. The van der Waals surface area contributed by atoms with E-state index in [1.54, 1.807) is 12.1 Å². The first-order chi connectivity index (χ1) is 16.7. The molecule has 2 heterocycles. The van der Waals surface area contributed by atoms with Crippen LogP contribution < -0.4 is 20.7 Å². The van der Waals surface area contributed by atoms with Crippen molar-refractivity contribution in [3.05, 3.63) is 48.3 Å². The minimum absolute atomic E-state index is 0.0204. The number of nitrogens with one attached hydrogen (secondary N) is 1. The van der Waals surface area contributed by atoms with Crippen LogP contribution in [-0.4, -0.2) is 45.7 Å². The number of carbonyl (C=O) groups is 3. The Bertz CT molecular complexity index is 1140. The average Bonchev–Trinajstić information content (AvgIpc) is 2.93. The van der Waals surface area contributed by atoms with Crippen LogP contribution in [0.15, 0.2) is 42.7 Å². The molecule has 0 radical (unpaired) electrons. The lowest BCUT2D eigenvalue weighted by Crippen LogP contribution is -2.43. The van der Waals surface area contributed by atoms with Gasteiger partial charge < -0.3 is 20.7 Å². The maximum Gasteiger partial charge on any atom is 0.573 e. The molecule has 3 rings (SSSR count). The van der Waals surface area contributed by atoms with Gasteiger partial charge in [-0.3, -0.25) is 14.6 Å². The third-order valence-corrected chi connectivity index (χ3v) is 5.67. The van der Waals surface area contributed by atoms with E-state index in [9.17, 15) is 27.6 Å². The first-order valence-corrected chi connectivity index (χ1v) is 11.2. The third-order valence-electron chi connectivity index (χ3n) is 5.67. The van der Waals surface area contributed by atoms with Crippen molar-refractivity contribution in [1.29, 1.82) is 0 Å². The molecule has 36 heavy (non-hydrogen) atoms. The number of alkyl halides is 3. The van der Waals surface area contributed by atoms with E-state index >= 15 is 0 Å². The molecule has 1 unspecified atom stereocenters. The number of halogens is 3. The van der Waals surface area contributed by atoms with E-state index < -0.39 is 47.2 Å². The number of anilines is 2. The molecular formula is C24H28F3N5O4. The van der Waals surface area contributed by atoms with Crippen LogP contribution in [0.25, 0.3) is 0 Å². The van der Waals surface area contributed by atoms with Gasteiger partial charge in [0.25, 0.3) is 5.91 Å². The number of amides is 4. The van der Waals surface area contributed by atoms with E-state index in [1.165, 1.54) is 37.2 Å². The minimum atomic E-state index is -5.09. The highest BCUT2D eigenvalue weighted by molar-refractivity contribution is 6.23. The number of aromatic nitrogens is 1. The Hall–Kier alpha value is -3.67. The van der Waals surface area contributed by atoms with Gasteiger partial charge >= 0.3 is 12.4 Å². The number of benzene rings is 1. The summed E-state index contributed by atoms with van der Waals surface area (Å²) >= 11 is 0. The van der Waals surface area contributed by atoms with Gasteiger partial charge in [0.1, 0.15) is 5.54 Å². The molecule has 1 atom stereocenters. The zero-order valence-corrected chi connectivity index (χ0v) is 20.3. The molecule has 9 nitrogen and oxygen atoms in total. The number of hydrogen-bond acceptors (Lipinski definition) is 6. The summed E-state index contributed by atoms with van der Waals surface area (Å²) in [7, 11) is 0. The highest BCUT2D eigenvalue weighted by atomic mass is 19.4. The van der Waals surface area contributed by atoms with Crippen LogP contribution in [0.3, 0.4) is 0 Å². The van der Waals surface area contributed by atoms with Gasteiger partial charge in [-0.2, -0.15) is 0 Å². The second kappa shape index (κ2) is 10.1. The number of nitrogens with two attached hydrogens (primary N) is 1. The number of ether oxygens (including phenoxy) is 1. The summed E-state index contributed by atoms with van der Waals surface area (Å²) in [6, 6.07) is 4.82. The van der Waals surface area contributed by atoms with Gasteiger partial charge in [-0.05, 0) is 62.1 Å². The van der Waals surface area contributed by atoms with Crippen molar-refractivity contribution in [2.45, 2.75) is 58.6 Å². The van der Waals surface area contributed by atoms with E-state index in [2.05, 4.69) is 15.0 Å². The fourth-order valence-corrected chi connectivity index (χ4v) is 3.81. The van der Waals surface area contributed by atoms with Gasteiger partial charge in [0.2, 0.25) is 5.91 Å². The molecule has 0 bridgehead atoms. The Balaban J connectivity index is 2.00. The van der Waals surface area contributed by atoms with E-state index in [1.807, 2.05) is 13.8 Å². The second-order valence-corrected chi connectivity index (χ2v) is 9.38. The fourth-order valence-electron chi connectivity index (χ4n) is 3.81. The first-order valence-electron chi connectivity index (χ1n) is 11.2. The summed E-state index contributed by atoms with van der Waals surface area (Å²) < 4.78 is 43.5. The van der Waals surface area contributed by atoms with E-state index in [4.69, 9.17) is 5.73 Å². The van der Waals surface area contributed by atoms with Crippen LogP contribution >= 0.6 is 0 Å². The Morgan fingerprint density at radius 1 is 1.17 bits per heavy atom. The van der Waals surface area contributed by atoms with Gasteiger partial charge in [-0.1, -0.05) is 13.8 Å². The van der Waals surface area contributed by atoms with Crippen molar-refractivity contribution < 1.29 is 32.3 Å². The molecule has 1 aromatic heterocycles. The highest BCUT2D eigenvalue weighted by Crippen LogP contribution is 2.41. The van der Waals surface area contributed by atoms with Crippen LogP contribution in [0.4, 0.5) is 29.3 Å². The largest absolute Gasteiger partial charge is 0.573 e. The predicted octanol–water partition coefficient (Wildman–Crippen LogP) is 4.04. The third kappa shape index (κ3) is 5.93. The van der Waals surface area contributed by atoms with Crippen LogP contribution in [0, 0.1) is 5.92 Å². The number of rotatable bonds is 8. The predicted molar refractivity (Wildman–Crippen MR) is 126 cm³/mol. The Morgan fingerprint density at radius 2 is 1.81 bits per heavy atom. The fraction of sp³-hybridized carbons (Fsp3) is 0.417. The zero-order chi connectivity index (χ0) is 26.8. The number of hydrogen-bond donors (Lipinski definition) is 2. The van der Waals surface area contributed by atoms with Crippen molar-refractivity contribution in [2.75, 3.05) is 10.2 Å². The van der Waals surface area contributed by atoms with Crippen LogP contribution in [0.1, 0.15) is 39.7 Å². The smallest absolute Gasteiger partial charge is 0.404 e. The standard InChI is InChI=1S/C24H28F3N5O4/c1-14(2)11-17(28)20(33)30-16-5-6-19(36-24(25,26)27)18(12-16)32-21(34)23(3,4)31(22(32)35)13-15-7-9-29-10-8-15/h5-10,12,14,17H,11,13,28H2,1-4H3,(H,30,33). The zero-order valence-electron chi connectivity index (χ0n) is 20.3. The van der Waals surface area contributed by atoms with Crippen molar-refractivity contribution in [2.24, 2.45) is 11.7 Å². The molecule has 194 valence electrons. The quantitative estimate of drug-likeness (QED) is 0.521. The summed E-state index contributed by atoms with van der Waals surface area (Å²) in [5.41, 5.74) is 4.78. The summed E-state index contributed by atoms with van der Waals surface area (Å²) in [5.74, 6) is -1.95. The molecule has 1 aliphatic heterocycles. The van der Waals surface area contributed by atoms with Crippen LogP contribution in [0.2, 0.25) is 0 Å². The van der Waals surface area contributed by atoms with Crippen LogP contribution in [0.5, 0.6) is 5.75 Å². The molecule has 12 heteroatoms. The lowest BCUT2D eigenvalue weighted by molar-refractivity contribution is -0.274. The van der Waals surface area contributed by atoms with Gasteiger partial charge in [-0.15, -0.1) is 13.2 Å². The van der Waals surface area contributed by atoms with Crippen molar-refractivity contribution in [1.82, 2.24) is 9.88 Å². The van der Waals surface area contributed by atoms with Gasteiger partial charge in [0.15, 0.2) is 5.75 Å². The molecule has 0 saturated carbocycles. The summed E-state index contributed by atoms with van der Waals surface area (Å²) in [6.45, 7) is 6.79. The molecule has 0 aliphatic carbocycles. The van der Waals surface area contributed by atoms with E-state index in [-0.39, 0.29) is 18.2 Å². The molecular weight excluding hydrogens is 479 g/mol. The van der Waals surface area contributed by atoms with E-state index in [0.29, 0.717) is 16.9 Å². The number of urea groups is 1. The summed E-state index contributed by atoms with van der Waals surface area (Å²) in [5, 5.41) is 2.53. The molecule has 4 amide bonds. The number of pyridine rings is 1. The summed E-state index contributed by atoms with van der Waals surface area (Å²) in [4.78, 5) is 45.0. The second-order valence-electron chi connectivity index (χ2n) is 9.38. The van der Waals surface area contributed by atoms with Crippen molar-refractivity contribution in [3.63, 3.8) is 0 Å². The Labute approximate surface area is 206 Å². The molecule has 3 N–H and O–H groups in total. The molecule has 2 aromatic rings. The summed E-state index contributed by atoms with van der Waals surface area (Å²) in [6.07, 6.45) is -1.66. The van der Waals surface area contributed by atoms with Gasteiger partial charge in [-0.25, -0.2) is 9.69 Å². The number of imide groups is 1. The monoisotopic (exact) mass is 507 g/mol. The molecule has 1 fully saturated rings. The molecule has 1 aliphatic rings. The number of nitrogens with zero attached hydrogens (tertiary/aromatic N) is 3.